The highest BCUT2D eigenvalue weighted by atomic mass is 32.2. The molecule has 1 atom stereocenters. The van der Waals surface area contributed by atoms with Gasteiger partial charge in [0.05, 0.1) is 17.4 Å². The van der Waals surface area contributed by atoms with E-state index in [9.17, 15) is 9.59 Å². The number of hydrogen-bond donors (Lipinski definition) is 0. The number of carbonyl (C=O) groups is 1. The topological polar surface area (TPSA) is 69.9 Å². The van der Waals surface area contributed by atoms with E-state index in [2.05, 4.69) is 4.98 Å². The highest BCUT2D eigenvalue weighted by Crippen LogP contribution is 2.27. The van der Waals surface area contributed by atoms with Crippen LogP contribution in [-0.4, -0.2) is 33.8 Å². The van der Waals surface area contributed by atoms with Crippen molar-refractivity contribution in [3.8, 4) is 0 Å². The zero-order chi connectivity index (χ0) is 20.2. The van der Waals surface area contributed by atoms with Crippen LogP contribution in [0.5, 0.6) is 0 Å². The molecule has 2 aromatic heterocycles. The number of ether oxygens (including phenoxy) is 2. The minimum absolute atomic E-state index is 0.0524. The van der Waals surface area contributed by atoms with E-state index >= 15 is 0 Å². The number of nitrogens with zero attached hydrogens (tertiary/aromatic N) is 2. The van der Waals surface area contributed by atoms with Crippen LogP contribution in [0.15, 0.2) is 58.4 Å². The summed E-state index contributed by atoms with van der Waals surface area (Å²) in [4.78, 5) is 30.2. The van der Waals surface area contributed by atoms with Gasteiger partial charge in [0.25, 0.3) is 5.56 Å². The molecule has 0 aliphatic carbocycles. The average Bonchev–Trinajstić information content (AvgIpc) is 3.25. The molecule has 0 unspecified atom stereocenters. The Kier molecular flexibility index (Phi) is 5.97. The molecule has 3 aromatic rings. The second-order valence-electron chi connectivity index (χ2n) is 7.04. The molecule has 6 nitrogen and oxygen atoms in total. The number of fused-ring (bicyclic) bond motifs is 1. The van der Waals surface area contributed by atoms with Gasteiger partial charge in [0.1, 0.15) is 12.3 Å². The van der Waals surface area contributed by atoms with Crippen molar-refractivity contribution in [2.45, 2.75) is 37.4 Å². The molecule has 0 radical (unpaired) electrons. The van der Waals surface area contributed by atoms with Crippen molar-refractivity contribution >= 4 is 23.4 Å². The minimum Gasteiger partial charge on any atom is -0.456 e. The lowest BCUT2D eigenvalue weighted by Crippen LogP contribution is -2.17. The Morgan fingerprint density at radius 3 is 3.00 bits per heavy atom. The summed E-state index contributed by atoms with van der Waals surface area (Å²) in [6.07, 6.45) is 4.12. The number of aryl methyl sites for hydroxylation is 1. The van der Waals surface area contributed by atoms with Gasteiger partial charge in [-0.3, -0.25) is 9.20 Å². The van der Waals surface area contributed by atoms with E-state index in [-0.39, 0.29) is 18.3 Å². The fourth-order valence-corrected chi connectivity index (χ4v) is 4.38. The lowest BCUT2D eigenvalue weighted by molar-refractivity contribution is 0.0463. The number of pyridine rings is 1. The van der Waals surface area contributed by atoms with E-state index < -0.39 is 5.97 Å². The van der Waals surface area contributed by atoms with Gasteiger partial charge in [-0.05, 0) is 43.5 Å². The summed E-state index contributed by atoms with van der Waals surface area (Å²) in [6, 6.07) is 12.5. The maximum Gasteiger partial charge on any atom is 0.339 e. The third kappa shape index (κ3) is 4.68. The first kappa shape index (κ1) is 19.7. The zero-order valence-electron chi connectivity index (χ0n) is 16.2. The van der Waals surface area contributed by atoms with Crippen LogP contribution in [0.1, 0.15) is 34.5 Å². The summed E-state index contributed by atoms with van der Waals surface area (Å²) in [5.74, 6) is 0.388. The zero-order valence-corrected chi connectivity index (χ0v) is 17.0. The highest BCUT2D eigenvalue weighted by Gasteiger charge is 2.18. The Bertz CT molecular complexity index is 1090. The fourth-order valence-electron chi connectivity index (χ4n) is 3.27. The van der Waals surface area contributed by atoms with E-state index in [0.717, 1.165) is 35.7 Å². The molecular formula is C22H22N2O4S. The summed E-state index contributed by atoms with van der Waals surface area (Å²) in [5.41, 5.74) is 2.25. The molecule has 1 aliphatic heterocycles. The second-order valence-corrected chi connectivity index (χ2v) is 8.10. The average molecular weight is 410 g/mol. The van der Waals surface area contributed by atoms with Gasteiger partial charge in [-0.2, -0.15) is 0 Å². The SMILES string of the molecule is Cc1ccc2nc(COC(=O)c3ccccc3SC[C@H]3CCCO3)cc(=O)n2c1. The summed E-state index contributed by atoms with van der Waals surface area (Å²) in [6.45, 7) is 2.67. The molecule has 0 spiro atoms. The molecule has 1 fully saturated rings. The number of benzene rings is 1. The van der Waals surface area contributed by atoms with Crippen LogP contribution >= 0.6 is 11.8 Å². The molecule has 3 heterocycles. The Hall–Kier alpha value is -2.64. The van der Waals surface area contributed by atoms with Crippen molar-refractivity contribution in [2.75, 3.05) is 12.4 Å². The number of aromatic nitrogens is 2. The lowest BCUT2D eigenvalue weighted by Gasteiger charge is -2.12. The molecule has 4 rings (SSSR count). The summed E-state index contributed by atoms with van der Waals surface area (Å²) in [7, 11) is 0. The van der Waals surface area contributed by atoms with Gasteiger partial charge < -0.3 is 9.47 Å². The van der Waals surface area contributed by atoms with Crippen LogP contribution in [0.25, 0.3) is 5.65 Å². The normalized spacial score (nSPS) is 16.2. The molecule has 1 aromatic carbocycles. The predicted octanol–water partition coefficient (Wildman–Crippen LogP) is 3.63. The summed E-state index contributed by atoms with van der Waals surface area (Å²) < 4.78 is 12.6. The maximum atomic E-state index is 12.7. The van der Waals surface area contributed by atoms with Crippen LogP contribution in [-0.2, 0) is 16.1 Å². The number of carbonyl (C=O) groups excluding carboxylic acids is 1. The Balaban J connectivity index is 1.45. The van der Waals surface area contributed by atoms with Gasteiger partial charge in [-0.25, -0.2) is 9.78 Å². The van der Waals surface area contributed by atoms with Crippen LogP contribution < -0.4 is 5.56 Å². The van der Waals surface area contributed by atoms with Crippen molar-refractivity contribution in [2.24, 2.45) is 0 Å². The third-order valence-corrected chi connectivity index (χ3v) is 5.97. The Labute approximate surface area is 172 Å². The smallest absolute Gasteiger partial charge is 0.339 e. The first-order chi connectivity index (χ1) is 14.1. The number of esters is 1. The molecule has 150 valence electrons. The molecule has 0 amide bonds. The first-order valence-electron chi connectivity index (χ1n) is 9.59. The molecule has 7 heteroatoms. The molecule has 1 saturated heterocycles. The molecule has 0 N–H and O–H groups in total. The first-order valence-corrected chi connectivity index (χ1v) is 10.6. The van der Waals surface area contributed by atoms with Crippen molar-refractivity contribution in [1.82, 2.24) is 9.38 Å². The highest BCUT2D eigenvalue weighted by molar-refractivity contribution is 7.99. The van der Waals surface area contributed by atoms with Gasteiger partial charge in [0.15, 0.2) is 0 Å². The van der Waals surface area contributed by atoms with Crippen LogP contribution in [0.4, 0.5) is 0 Å². The summed E-state index contributed by atoms with van der Waals surface area (Å²) in [5, 5.41) is 0. The summed E-state index contributed by atoms with van der Waals surface area (Å²) >= 11 is 1.61. The van der Waals surface area contributed by atoms with E-state index in [0.29, 0.717) is 16.9 Å². The van der Waals surface area contributed by atoms with Gasteiger partial charge in [-0.1, -0.05) is 18.2 Å². The number of rotatable bonds is 6. The second kappa shape index (κ2) is 8.80. The molecule has 0 saturated carbocycles. The van der Waals surface area contributed by atoms with Crippen LogP contribution in [0.2, 0.25) is 0 Å². The van der Waals surface area contributed by atoms with Crippen LogP contribution in [0.3, 0.4) is 0 Å². The Morgan fingerprint density at radius 2 is 2.17 bits per heavy atom. The lowest BCUT2D eigenvalue weighted by atomic mass is 10.2. The quantitative estimate of drug-likeness (QED) is 0.457. The van der Waals surface area contributed by atoms with E-state index in [1.165, 1.54) is 10.5 Å². The number of thioether (sulfide) groups is 1. The van der Waals surface area contributed by atoms with Crippen LogP contribution in [0, 0.1) is 6.92 Å². The predicted molar refractivity (Wildman–Crippen MR) is 111 cm³/mol. The van der Waals surface area contributed by atoms with Gasteiger partial charge >= 0.3 is 5.97 Å². The molecular weight excluding hydrogens is 388 g/mol. The Morgan fingerprint density at radius 1 is 1.31 bits per heavy atom. The van der Waals surface area contributed by atoms with Crippen molar-refractivity contribution in [3.05, 3.63) is 75.8 Å². The third-order valence-electron chi connectivity index (χ3n) is 4.77. The van der Waals surface area contributed by atoms with Crippen molar-refractivity contribution in [3.63, 3.8) is 0 Å². The molecule has 1 aliphatic rings. The standard InChI is InChI=1S/C22H22N2O4S/c1-15-8-9-20-23-16(11-21(25)24(20)12-15)13-28-22(26)18-6-2-3-7-19(18)29-14-17-5-4-10-27-17/h2-3,6-9,11-12,17H,4-5,10,13-14H2,1H3/t17-/m1/s1. The van der Waals surface area contributed by atoms with E-state index in [4.69, 9.17) is 9.47 Å². The molecule has 0 bridgehead atoms. The van der Waals surface area contributed by atoms with E-state index in [1.54, 1.807) is 30.1 Å². The van der Waals surface area contributed by atoms with Crippen molar-refractivity contribution < 1.29 is 14.3 Å². The van der Waals surface area contributed by atoms with Crippen molar-refractivity contribution in [1.29, 1.82) is 0 Å². The van der Waals surface area contributed by atoms with Gasteiger partial charge in [0.2, 0.25) is 0 Å². The van der Waals surface area contributed by atoms with Gasteiger partial charge in [-0.15, -0.1) is 11.8 Å². The van der Waals surface area contributed by atoms with E-state index in [1.807, 2.05) is 31.2 Å². The monoisotopic (exact) mass is 410 g/mol. The largest absolute Gasteiger partial charge is 0.456 e. The maximum absolute atomic E-state index is 12.7. The minimum atomic E-state index is -0.425. The molecule has 29 heavy (non-hydrogen) atoms. The fraction of sp³-hybridized carbons (Fsp3) is 0.318. The number of hydrogen-bond acceptors (Lipinski definition) is 6. The van der Waals surface area contributed by atoms with Gasteiger partial charge in [0, 0.05) is 29.5 Å².